The summed E-state index contributed by atoms with van der Waals surface area (Å²) < 4.78 is 2.13. The molecule has 5 rings (SSSR count). The molecule has 2 aliphatic heterocycles. The van der Waals surface area contributed by atoms with E-state index in [2.05, 4.69) is 44.8 Å². The quantitative estimate of drug-likeness (QED) is 0.769. The molecule has 2 aromatic heterocycles. The zero-order valence-corrected chi connectivity index (χ0v) is 16.0. The van der Waals surface area contributed by atoms with Gasteiger partial charge in [0.1, 0.15) is 22.9 Å². The average Bonchev–Trinajstić information content (AvgIpc) is 3.45. The Bertz CT molecular complexity index is 1020. The van der Waals surface area contributed by atoms with E-state index < -0.39 is 0 Å². The Labute approximate surface area is 164 Å². The average molecular weight is 374 g/mol. The fraction of sp³-hybridized carbons (Fsp3) is 0.364. The van der Waals surface area contributed by atoms with Gasteiger partial charge < -0.3 is 16.4 Å². The molecule has 0 bridgehead atoms. The van der Waals surface area contributed by atoms with Gasteiger partial charge in [-0.25, -0.2) is 9.97 Å². The first-order valence-electron chi connectivity index (χ1n) is 10.1. The van der Waals surface area contributed by atoms with Crippen LogP contribution in [0.25, 0.3) is 11.2 Å². The third-order valence-corrected chi connectivity index (χ3v) is 5.78. The summed E-state index contributed by atoms with van der Waals surface area (Å²) in [6, 6.07) is 0. The molecule has 6 heteroatoms. The van der Waals surface area contributed by atoms with Crippen molar-refractivity contribution in [2.75, 3.05) is 18.8 Å². The molecule has 4 N–H and O–H groups in total. The normalized spacial score (nSPS) is 25.9. The lowest BCUT2D eigenvalue weighted by molar-refractivity contribution is 0.444. The second-order valence-corrected chi connectivity index (χ2v) is 7.89. The Balaban J connectivity index is 1.65. The highest BCUT2D eigenvalue weighted by Crippen LogP contribution is 2.38. The topological polar surface area (TPSA) is 80.3 Å². The van der Waals surface area contributed by atoms with Crippen molar-refractivity contribution in [3.63, 3.8) is 0 Å². The number of rotatable bonds is 3. The minimum atomic E-state index is 0.417. The Hall–Kier alpha value is -2.86. The molecular formula is C22H26N6. The molecule has 0 spiro atoms. The standard InChI is InChI=1S/C22H26N6/c1-14-3-2-4-17(15-5-6-15)26-18(13-14)19-20-21(23)25-11-12-28(20)22(27-19)16-7-9-24-10-8-16/h2-4,11-13,15-16,24,26H,1,5-10H2,(H2,23,25)/b3-2-,17-4-,18-13-. The zero-order chi connectivity index (χ0) is 19.1. The number of nitrogen functional groups attached to an aromatic ring is 1. The van der Waals surface area contributed by atoms with Gasteiger partial charge in [-0.3, -0.25) is 4.40 Å². The summed E-state index contributed by atoms with van der Waals surface area (Å²) in [4.78, 5) is 9.46. The molecule has 1 aliphatic carbocycles. The van der Waals surface area contributed by atoms with Gasteiger partial charge >= 0.3 is 0 Å². The van der Waals surface area contributed by atoms with Crippen LogP contribution in [0.3, 0.4) is 0 Å². The zero-order valence-electron chi connectivity index (χ0n) is 16.0. The van der Waals surface area contributed by atoms with Crippen molar-refractivity contribution in [2.45, 2.75) is 31.6 Å². The minimum absolute atomic E-state index is 0.417. The van der Waals surface area contributed by atoms with Gasteiger partial charge in [-0.15, -0.1) is 0 Å². The predicted octanol–water partition coefficient (Wildman–Crippen LogP) is 3.13. The summed E-state index contributed by atoms with van der Waals surface area (Å²) in [7, 11) is 0. The summed E-state index contributed by atoms with van der Waals surface area (Å²) in [6.45, 7) is 6.19. The Morgan fingerprint density at radius 1 is 1.14 bits per heavy atom. The highest BCUT2D eigenvalue weighted by molar-refractivity contribution is 5.84. The number of anilines is 1. The van der Waals surface area contributed by atoms with Crippen LogP contribution in [0.4, 0.5) is 5.82 Å². The van der Waals surface area contributed by atoms with E-state index in [1.165, 1.54) is 18.5 Å². The Kier molecular flexibility index (Phi) is 4.28. The molecule has 1 saturated carbocycles. The molecule has 3 aliphatic rings. The third kappa shape index (κ3) is 3.14. The molecule has 6 nitrogen and oxygen atoms in total. The smallest absolute Gasteiger partial charge is 0.150 e. The van der Waals surface area contributed by atoms with Crippen LogP contribution in [0, 0.1) is 5.92 Å². The van der Waals surface area contributed by atoms with Crippen molar-refractivity contribution in [3.8, 4) is 0 Å². The van der Waals surface area contributed by atoms with Gasteiger partial charge in [0.15, 0.2) is 0 Å². The highest BCUT2D eigenvalue weighted by atomic mass is 15.1. The van der Waals surface area contributed by atoms with Crippen molar-refractivity contribution in [1.29, 1.82) is 0 Å². The molecule has 2 aromatic rings. The van der Waals surface area contributed by atoms with Crippen LogP contribution < -0.4 is 16.4 Å². The molecular weight excluding hydrogens is 348 g/mol. The van der Waals surface area contributed by atoms with E-state index in [0.29, 0.717) is 17.7 Å². The molecule has 28 heavy (non-hydrogen) atoms. The molecule has 144 valence electrons. The lowest BCUT2D eigenvalue weighted by Gasteiger charge is -2.21. The lowest BCUT2D eigenvalue weighted by Crippen LogP contribution is -2.27. The number of hydrogen-bond donors (Lipinski definition) is 3. The number of aromatic nitrogens is 3. The third-order valence-electron chi connectivity index (χ3n) is 5.78. The molecule has 2 fully saturated rings. The van der Waals surface area contributed by atoms with Crippen molar-refractivity contribution < 1.29 is 0 Å². The number of imidazole rings is 1. The summed E-state index contributed by atoms with van der Waals surface area (Å²) in [5.41, 5.74) is 11.2. The first kappa shape index (κ1) is 17.3. The van der Waals surface area contributed by atoms with E-state index in [0.717, 1.165) is 54.2 Å². The van der Waals surface area contributed by atoms with Gasteiger partial charge in [0, 0.05) is 24.0 Å². The fourth-order valence-corrected chi connectivity index (χ4v) is 4.15. The van der Waals surface area contributed by atoms with Crippen molar-refractivity contribution in [2.24, 2.45) is 5.92 Å². The van der Waals surface area contributed by atoms with Gasteiger partial charge in [0.2, 0.25) is 0 Å². The molecule has 1 saturated heterocycles. The first-order valence-corrected chi connectivity index (χ1v) is 10.1. The van der Waals surface area contributed by atoms with Gasteiger partial charge in [0.25, 0.3) is 0 Å². The Morgan fingerprint density at radius 2 is 1.96 bits per heavy atom. The van der Waals surface area contributed by atoms with E-state index in [1.54, 1.807) is 6.20 Å². The fourth-order valence-electron chi connectivity index (χ4n) is 4.15. The number of fused-ring (bicyclic) bond motifs is 1. The Morgan fingerprint density at radius 3 is 2.75 bits per heavy atom. The van der Waals surface area contributed by atoms with E-state index in [-0.39, 0.29) is 0 Å². The monoisotopic (exact) mass is 374 g/mol. The first-order chi connectivity index (χ1) is 13.7. The van der Waals surface area contributed by atoms with Crippen molar-refractivity contribution >= 4 is 17.0 Å². The molecule has 0 radical (unpaired) electrons. The van der Waals surface area contributed by atoms with Gasteiger partial charge in [0.05, 0.1) is 5.70 Å². The number of nitrogens with zero attached hydrogens (tertiary/aromatic N) is 3. The van der Waals surface area contributed by atoms with Gasteiger partial charge in [-0.1, -0.05) is 18.7 Å². The number of piperidine rings is 1. The second kappa shape index (κ2) is 6.95. The SMILES string of the molecule is C=C1/C=C\C=C(\C2CC2)N/C(c2nc(C3CCNCC3)n3ccnc(N)c23)=C\1. The summed E-state index contributed by atoms with van der Waals surface area (Å²) >= 11 is 0. The number of nitrogens with two attached hydrogens (primary N) is 1. The van der Waals surface area contributed by atoms with Crippen LogP contribution in [0.15, 0.2) is 54.5 Å². The molecule has 0 unspecified atom stereocenters. The van der Waals surface area contributed by atoms with Crippen LogP contribution in [0.2, 0.25) is 0 Å². The summed E-state index contributed by atoms with van der Waals surface area (Å²) in [6.07, 6.45) is 16.7. The molecule has 0 aromatic carbocycles. The number of allylic oxidation sites excluding steroid dienone is 6. The largest absolute Gasteiger partial charge is 0.382 e. The van der Waals surface area contributed by atoms with Crippen LogP contribution in [0.5, 0.6) is 0 Å². The van der Waals surface area contributed by atoms with E-state index in [4.69, 9.17) is 10.7 Å². The van der Waals surface area contributed by atoms with Gasteiger partial charge in [-0.05, 0) is 62.4 Å². The highest BCUT2D eigenvalue weighted by Gasteiger charge is 2.29. The van der Waals surface area contributed by atoms with Crippen LogP contribution in [-0.4, -0.2) is 27.5 Å². The maximum atomic E-state index is 6.33. The van der Waals surface area contributed by atoms with Crippen LogP contribution in [0.1, 0.15) is 43.1 Å². The van der Waals surface area contributed by atoms with E-state index in [9.17, 15) is 0 Å². The van der Waals surface area contributed by atoms with E-state index >= 15 is 0 Å². The number of hydrogen-bond acceptors (Lipinski definition) is 5. The summed E-state index contributed by atoms with van der Waals surface area (Å²) in [5.74, 6) is 2.60. The molecule has 4 heterocycles. The predicted molar refractivity (Wildman–Crippen MR) is 112 cm³/mol. The second-order valence-electron chi connectivity index (χ2n) is 7.89. The maximum absolute atomic E-state index is 6.33. The summed E-state index contributed by atoms with van der Waals surface area (Å²) in [5, 5.41) is 7.07. The maximum Gasteiger partial charge on any atom is 0.150 e. The van der Waals surface area contributed by atoms with Crippen molar-refractivity contribution in [3.05, 3.63) is 66.1 Å². The van der Waals surface area contributed by atoms with Gasteiger partial charge in [-0.2, -0.15) is 0 Å². The minimum Gasteiger partial charge on any atom is -0.382 e. The lowest BCUT2D eigenvalue weighted by atomic mass is 9.97. The van der Waals surface area contributed by atoms with E-state index in [1.807, 2.05) is 12.3 Å². The molecule has 0 amide bonds. The number of nitrogens with one attached hydrogen (secondary N) is 2. The van der Waals surface area contributed by atoms with Crippen LogP contribution >= 0.6 is 0 Å². The van der Waals surface area contributed by atoms with Crippen molar-refractivity contribution in [1.82, 2.24) is 25.0 Å². The van der Waals surface area contributed by atoms with Crippen LogP contribution in [-0.2, 0) is 0 Å². The molecule has 0 atom stereocenters.